The maximum atomic E-state index is 12.0. The van der Waals surface area contributed by atoms with Gasteiger partial charge in [-0.2, -0.15) is 0 Å². The van der Waals surface area contributed by atoms with Crippen LogP contribution in [0.2, 0.25) is 0 Å². The summed E-state index contributed by atoms with van der Waals surface area (Å²) in [6.45, 7) is 0.996. The number of amides is 1. The van der Waals surface area contributed by atoms with Gasteiger partial charge in [0.1, 0.15) is 5.75 Å². The number of halogens is 1. The smallest absolute Gasteiger partial charge is 0.244 e. The molecule has 1 saturated carbocycles. The third-order valence-electron chi connectivity index (χ3n) is 4.12. The molecule has 0 aromatic heterocycles. The molecule has 0 heterocycles. The average Bonchev–Trinajstić information content (AvgIpc) is 3.35. The Labute approximate surface area is 153 Å². The van der Waals surface area contributed by atoms with Gasteiger partial charge in [-0.25, -0.2) is 0 Å². The highest BCUT2D eigenvalue weighted by Gasteiger charge is 2.45. The number of hydrogen-bond acceptors (Lipinski definition) is 4. The minimum absolute atomic E-state index is 0. The van der Waals surface area contributed by atoms with E-state index in [1.54, 1.807) is 7.11 Å². The average molecular weight is 363 g/mol. The van der Waals surface area contributed by atoms with Crippen LogP contribution in [0.5, 0.6) is 5.75 Å². The van der Waals surface area contributed by atoms with Crippen LogP contribution < -0.4 is 15.8 Å². The molecule has 0 saturated heterocycles. The van der Waals surface area contributed by atoms with E-state index in [-0.39, 0.29) is 18.3 Å². The summed E-state index contributed by atoms with van der Waals surface area (Å²) >= 11 is 0. The van der Waals surface area contributed by atoms with E-state index in [1.165, 1.54) is 0 Å². The lowest BCUT2D eigenvalue weighted by atomic mass is 10.2. The second kappa shape index (κ2) is 8.34. The molecule has 5 nitrogen and oxygen atoms in total. The van der Waals surface area contributed by atoms with Crippen LogP contribution >= 0.6 is 12.4 Å². The highest BCUT2D eigenvalue weighted by atomic mass is 35.5. The predicted molar refractivity (Wildman–Crippen MR) is 100.0 cm³/mol. The van der Waals surface area contributed by atoms with E-state index < -0.39 is 5.54 Å². The Morgan fingerprint density at radius 2 is 1.80 bits per heavy atom. The Morgan fingerprint density at radius 3 is 2.44 bits per heavy atom. The zero-order valence-corrected chi connectivity index (χ0v) is 15.0. The Morgan fingerprint density at radius 1 is 1.12 bits per heavy atom. The summed E-state index contributed by atoms with van der Waals surface area (Å²) in [4.78, 5) is 12.0. The first-order chi connectivity index (χ1) is 11.6. The number of ether oxygens (including phenoxy) is 2. The number of anilines is 1. The molecule has 0 radical (unpaired) electrons. The van der Waals surface area contributed by atoms with Crippen molar-refractivity contribution in [2.45, 2.75) is 31.6 Å². The molecule has 1 aliphatic rings. The van der Waals surface area contributed by atoms with Crippen LogP contribution in [0.4, 0.5) is 5.69 Å². The fourth-order valence-electron chi connectivity index (χ4n) is 2.36. The third-order valence-corrected chi connectivity index (χ3v) is 4.12. The van der Waals surface area contributed by atoms with E-state index in [0.717, 1.165) is 35.4 Å². The highest BCUT2D eigenvalue weighted by Crippen LogP contribution is 2.33. The SMILES string of the molecule is COc1ccc(COCc2cccc(NC(=O)C3(N)CC3)c2)cc1.Cl. The number of hydrogen-bond donors (Lipinski definition) is 2. The molecule has 134 valence electrons. The number of benzene rings is 2. The maximum Gasteiger partial charge on any atom is 0.244 e. The second-order valence-electron chi connectivity index (χ2n) is 6.15. The van der Waals surface area contributed by atoms with Crippen molar-refractivity contribution in [1.82, 2.24) is 0 Å². The molecule has 0 bridgehead atoms. The summed E-state index contributed by atoms with van der Waals surface area (Å²) in [5.74, 6) is 0.717. The normalized spacial score (nSPS) is 14.3. The number of nitrogens with one attached hydrogen (secondary N) is 1. The van der Waals surface area contributed by atoms with E-state index in [0.29, 0.717) is 13.2 Å². The van der Waals surface area contributed by atoms with Crippen molar-refractivity contribution in [3.8, 4) is 5.75 Å². The van der Waals surface area contributed by atoms with Crippen molar-refractivity contribution in [3.05, 3.63) is 59.7 Å². The maximum absolute atomic E-state index is 12.0. The monoisotopic (exact) mass is 362 g/mol. The Kier molecular flexibility index (Phi) is 6.42. The molecule has 3 rings (SSSR count). The fraction of sp³-hybridized carbons (Fsp3) is 0.316. The van der Waals surface area contributed by atoms with Gasteiger partial charge >= 0.3 is 0 Å². The molecular formula is C19H23ClN2O3. The lowest BCUT2D eigenvalue weighted by molar-refractivity contribution is -0.118. The summed E-state index contributed by atoms with van der Waals surface area (Å²) < 4.78 is 10.9. The number of rotatable bonds is 7. The molecule has 2 aromatic rings. The predicted octanol–water partition coefficient (Wildman–Crippen LogP) is 3.26. The lowest BCUT2D eigenvalue weighted by Crippen LogP contribution is -2.37. The molecule has 3 N–H and O–H groups in total. The summed E-state index contributed by atoms with van der Waals surface area (Å²) in [5.41, 5.74) is 8.07. The van der Waals surface area contributed by atoms with Crippen molar-refractivity contribution in [2.24, 2.45) is 5.73 Å². The number of methoxy groups -OCH3 is 1. The molecule has 1 aliphatic carbocycles. The summed E-state index contributed by atoms with van der Waals surface area (Å²) in [7, 11) is 1.65. The molecule has 6 heteroatoms. The van der Waals surface area contributed by atoms with Crippen LogP contribution in [-0.2, 0) is 22.7 Å². The summed E-state index contributed by atoms with van der Waals surface area (Å²) in [6.07, 6.45) is 1.51. The quantitative estimate of drug-likeness (QED) is 0.792. The van der Waals surface area contributed by atoms with E-state index in [9.17, 15) is 4.79 Å². The van der Waals surface area contributed by atoms with Gasteiger partial charge in [0.25, 0.3) is 0 Å². The topological polar surface area (TPSA) is 73.6 Å². The lowest BCUT2D eigenvalue weighted by Gasteiger charge is -2.11. The first-order valence-corrected chi connectivity index (χ1v) is 7.99. The highest BCUT2D eigenvalue weighted by molar-refractivity contribution is 6.00. The van der Waals surface area contributed by atoms with Gasteiger partial charge in [0.05, 0.1) is 25.9 Å². The molecular weight excluding hydrogens is 340 g/mol. The van der Waals surface area contributed by atoms with Crippen molar-refractivity contribution in [2.75, 3.05) is 12.4 Å². The van der Waals surface area contributed by atoms with Crippen LogP contribution in [0.25, 0.3) is 0 Å². The molecule has 0 atom stereocenters. The fourth-order valence-corrected chi connectivity index (χ4v) is 2.36. The van der Waals surface area contributed by atoms with Crippen LogP contribution in [0.1, 0.15) is 24.0 Å². The van der Waals surface area contributed by atoms with Gasteiger partial charge in [-0.1, -0.05) is 24.3 Å². The van der Waals surface area contributed by atoms with Gasteiger partial charge in [0.15, 0.2) is 0 Å². The summed E-state index contributed by atoms with van der Waals surface area (Å²) in [6, 6.07) is 15.4. The molecule has 0 spiro atoms. The Balaban J connectivity index is 0.00000225. The zero-order valence-electron chi connectivity index (χ0n) is 14.2. The van der Waals surface area contributed by atoms with Crippen molar-refractivity contribution < 1.29 is 14.3 Å². The molecule has 0 aliphatic heterocycles. The molecule has 1 amide bonds. The standard InChI is InChI=1S/C19H22N2O3.ClH/c1-23-17-7-5-14(6-8-17)12-24-13-15-3-2-4-16(11-15)21-18(22)19(20)9-10-19;/h2-8,11H,9-10,12-13,20H2,1H3,(H,21,22);1H. The van der Waals surface area contributed by atoms with Crippen LogP contribution in [-0.4, -0.2) is 18.6 Å². The van der Waals surface area contributed by atoms with Gasteiger partial charge in [-0.15, -0.1) is 12.4 Å². The number of carbonyl (C=O) groups excluding carboxylic acids is 1. The van der Waals surface area contributed by atoms with Crippen molar-refractivity contribution in [1.29, 1.82) is 0 Å². The Hall–Kier alpha value is -2.08. The Bertz CT molecular complexity index is 715. The number of nitrogens with two attached hydrogens (primary N) is 1. The van der Waals surface area contributed by atoms with Gasteiger partial charge in [-0.3, -0.25) is 4.79 Å². The zero-order chi connectivity index (χ0) is 17.0. The first kappa shape index (κ1) is 19.2. The van der Waals surface area contributed by atoms with E-state index in [2.05, 4.69) is 5.32 Å². The second-order valence-corrected chi connectivity index (χ2v) is 6.15. The molecule has 1 fully saturated rings. The first-order valence-electron chi connectivity index (χ1n) is 7.99. The minimum Gasteiger partial charge on any atom is -0.497 e. The van der Waals surface area contributed by atoms with E-state index in [1.807, 2.05) is 48.5 Å². The molecule has 25 heavy (non-hydrogen) atoms. The van der Waals surface area contributed by atoms with Gasteiger partial charge in [0, 0.05) is 5.69 Å². The van der Waals surface area contributed by atoms with E-state index in [4.69, 9.17) is 15.2 Å². The van der Waals surface area contributed by atoms with Crippen LogP contribution in [0.15, 0.2) is 48.5 Å². The summed E-state index contributed by atoms with van der Waals surface area (Å²) in [5, 5.41) is 2.87. The van der Waals surface area contributed by atoms with Crippen LogP contribution in [0.3, 0.4) is 0 Å². The van der Waals surface area contributed by atoms with Gasteiger partial charge in [-0.05, 0) is 48.2 Å². The van der Waals surface area contributed by atoms with Gasteiger partial charge < -0.3 is 20.5 Å². The van der Waals surface area contributed by atoms with Crippen molar-refractivity contribution >= 4 is 24.0 Å². The number of carbonyl (C=O) groups is 1. The molecule has 2 aromatic carbocycles. The van der Waals surface area contributed by atoms with Crippen LogP contribution in [0, 0.1) is 0 Å². The van der Waals surface area contributed by atoms with Crippen molar-refractivity contribution in [3.63, 3.8) is 0 Å². The van der Waals surface area contributed by atoms with E-state index >= 15 is 0 Å². The molecule has 0 unspecified atom stereocenters. The third kappa shape index (κ3) is 5.19. The van der Waals surface area contributed by atoms with Gasteiger partial charge in [0.2, 0.25) is 5.91 Å². The minimum atomic E-state index is -0.666. The largest absolute Gasteiger partial charge is 0.497 e.